The van der Waals surface area contributed by atoms with Gasteiger partial charge in [0.15, 0.2) is 0 Å². The molecule has 1 aliphatic heterocycles. The molecule has 13 heavy (non-hydrogen) atoms. The molecule has 1 aromatic heterocycles. The highest BCUT2D eigenvalue weighted by molar-refractivity contribution is 5.90. The average Bonchev–Trinajstić information content (AvgIpc) is 2.46. The molecule has 0 bridgehead atoms. The number of amides is 1. The average molecular weight is 180 g/mol. The zero-order valence-electron chi connectivity index (χ0n) is 7.23. The van der Waals surface area contributed by atoms with E-state index in [1.54, 1.807) is 6.20 Å². The Labute approximate surface area is 75.7 Å². The van der Waals surface area contributed by atoms with E-state index < -0.39 is 5.91 Å². The van der Waals surface area contributed by atoms with E-state index in [-0.39, 0.29) is 6.04 Å². The van der Waals surface area contributed by atoms with Crippen LogP contribution in [0.5, 0.6) is 0 Å². The van der Waals surface area contributed by atoms with Crippen LogP contribution in [-0.2, 0) is 13.0 Å². The fourth-order valence-electron chi connectivity index (χ4n) is 1.59. The van der Waals surface area contributed by atoms with Gasteiger partial charge in [-0.25, -0.2) is 4.98 Å². The molecule has 0 saturated heterocycles. The van der Waals surface area contributed by atoms with Gasteiger partial charge in [-0.2, -0.15) is 0 Å². The molecule has 1 amide bonds. The van der Waals surface area contributed by atoms with Crippen molar-refractivity contribution in [2.24, 2.45) is 11.5 Å². The smallest absolute Gasteiger partial charge is 0.268 e. The van der Waals surface area contributed by atoms with Crippen LogP contribution in [-0.4, -0.2) is 21.5 Å². The normalized spacial score (nSPS) is 21.2. The number of carbonyl (C=O) groups is 1. The Balaban J connectivity index is 2.33. The van der Waals surface area contributed by atoms with Crippen LogP contribution in [0.15, 0.2) is 6.20 Å². The summed E-state index contributed by atoms with van der Waals surface area (Å²) in [6.07, 6.45) is 3.43. The minimum absolute atomic E-state index is 0.169. The van der Waals surface area contributed by atoms with Crippen LogP contribution in [0.3, 0.4) is 0 Å². The largest absolute Gasteiger partial charge is 0.364 e. The molecule has 2 rings (SSSR count). The summed E-state index contributed by atoms with van der Waals surface area (Å²) in [7, 11) is 0. The van der Waals surface area contributed by atoms with E-state index in [9.17, 15) is 4.79 Å². The number of fused-ring (bicyclic) bond motifs is 1. The lowest BCUT2D eigenvalue weighted by molar-refractivity contribution is 0.0996. The van der Waals surface area contributed by atoms with E-state index in [0.29, 0.717) is 5.69 Å². The van der Waals surface area contributed by atoms with Crippen molar-refractivity contribution in [2.45, 2.75) is 25.4 Å². The first kappa shape index (κ1) is 8.25. The van der Waals surface area contributed by atoms with E-state index in [4.69, 9.17) is 11.5 Å². The van der Waals surface area contributed by atoms with E-state index in [2.05, 4.69) is 4.98 Å². The van der Waals surface area contributed by atoms with Crippen molar-refractivity contribution < 1.29 is 4.79 Å². The third kappa shape index (κ3) is 1.42. The molecule has 1 unspecified atom stereocenters. The third-order valence-corrected chi connectivity index (χ3v) is 2.28. The molecule has 0 aromatic carbocycles. The van der Waals surface area contributed by atoms with Crippen molar-refractivity contribution in [1.82, 2.24) is 9.55 Å². The van der Waals surface area contributed by atoms with Crippen molar-refractivity contribution in [1.29, 1.82) is 0 Å². The molecule has 0 radical (unpaired) electrons. The number of primary amides is 1. The fourth-order valence-corrected chi connectivity index (χ4v) is 1.59. The lowest BCUT2D eigenvalue weighted by Gasteiger charge is -2.19. The topological polar surface area (TPSA) is 86.9 Å². The minimum Gasteiger partial charge on any atom is -0.364 e. The van der Waals surface area contributed by atoms with Crippen LogP contribution < -0.4 is 11.5 Å². The number of rotatable bonds is 1. The molecule has 0 saturated carbocycles. The van der Waals surface area contributed by atoms with Gasteiger partial charge in [0, 0.05) is 25.2 Å². The van der Waals surface area contributed by atoms with Gasteiger partial charge in [-0.1, -0.05) is 0 Å². The van der Waals surface area contributed by atoms with E-state index in [1.165, 1.54) is 0 Å². The standard InChI is InChI=1S/C8H12N4O/c9-5-1-2-7-11-6(8(10)13)4-12(7)3-5/h4-5H,1-3,9H2,(H2,10,13). The minimum atomic E-state index is -0.476. The van der Waals surface area contributed by atoms with E-state index >= 15 is 0 Å². The van der Waals surface area contributed by atoms with Crippen molar-refractivity contribution in [3.63, 3.8) is 0 Å². The Bertz CT molecular complexity index is 344. The van der Waals surface area contributed by atoms with Gasteiger partial charge in [-0.3, -0.25) is 4.79 Å². The number of aryl methyl sites for hydroxylation is 1. The predicted molar refractivity (Wildman–Crippen MR) is 47.0 cm³/mol. The van der Waals surface area contributed by atoms with Crippen molar-refractivity contribution in [2.75, 3.05) is 0 Å². The first-order chi connectivity index (χ1) is 6.16. The number of nitrogens with zero attached hydrogens (tertiary/aromatic N) is 2. The van der Waals surface area contributed by atoms with Crippen LogP contribution in [0.1, 0.15) is 22.7 Å². The maximum Gasteiger partial charge on any atom is 0.268 e. The summed E-state index contributed by atoms with van der Waals surface area (Å²) in [5.41, 5.74) is 11.2. The third-order valence-electron chi connectivity index (χ3n) is 2.28. The predicted octanol–water partition coefficient (Wildman–Crippen LogP) is -0.745. The Kier molecular flexibility index (Phi) is 1.81. The number of nitrogens with two attached hydrogens (primary N) is 2. The molecule has 5 heteroatoms. The van der Waals surface area contributed by atoms with Crippen molar-refractivity contribution >= 4 is 5.91 Å². The summed E-state index contributed by atoms with van der Waals surface area (Å²) in [6.45, 7) is 0.732. The SMILES string of the molecule is NC(=O)c1cn2c(n1)CCC(N)C2. The monoisotopic (exact) mass is 180 g/mol. The molecule has 0 aliphatic carbocycles. The Hall–Kier alpha value is -1.36. The van der Waals surface area contributed by atoms with Gasteiger partial charge >= 0.3 is 0 Å². The molecular formula is C8H12N4O. The Morgan fingerprint density at radius 1 is 1.69 bits per heavy atom. The first-order valence-corrected chi connectivity index (χ1v) is 4.28. The highest BCUT2D eigenvalue weighted by Gasteiger charge is 2.18. The maximum absolute atomic E-state index is 10.8. The summed E-state index contributed by atoms with van der Waals surface area (Å²) < 4.78 is 1.91. The van der Waals surface area contributed by atoms with Crippen molar-refractivity contribution in [3.05, 3.63) is 17.7 Å². The van der Waals surface area contributed by atoms with Gasteiger partial charge in [-0.05, 0) is 6.42 Å². The zero-order valence-corrected chi connectivity index (χ0v) is 7.23. The first-order valence-electron chi connectivity index (χ1n) is 4.28. The van der Waals surface area contributed by atoms with Gasteiger partial charge < -0.3 is 16.0 Å². The van der Waals surface area contributed by atoms with Crippen LogP contribution in [0, 0.1) is 0 Å². The number of aromatic nitrogens is 2. The van der Waals surface area contributed by atoms with E-state index in [1.807, 2.05) is 4.57 Å². The lowest BCUT2D eigenvalue weighted by Crippen LogP contribution is -2.31. The Morgan fingerprint density at radius 3 is 3.15 bits per heavy atom. The number of hydrogen-bond donors (Lipinski definition) is 2. The summed E-state index contributed by atoms with van der Waals surface area (Å²) >= 11 is 0. The number of hydrogen-bond acceptors (Lipinski definition) is 3. The van der Waals surface area contributed by atoms with Crippen LogP contribution in [0.2, 0.25) is 0 Å². The number of imidazole rings is 1. The maximum atomic E-state index is 10.8. The molecule has 1 aromatic rings. The molecule has 0 spiro atoms. The summed E-state index contributed by atoms with van der Waals surface area (Å²) in [6, 6.07) is 0.169. The summed E-state index contributed by atoms with van der Waals surface area (Å²) in [4.78, 5) is 14.9. The molecule has 2 heterocycles. The molecule has 4 N–H and O–H groups in total. The second-order valence-electron chi connectivity index (χ2n) is 3.36. The van der Waals surface area contributed by atoms with Gasteiger partial charge in [0.05, 0.1) is 0 Å². The second-order valence-corrected chi connectivity index (χ2v) is 3.36. The molecule has 5 nitrogen and oxygen atoms in total. The molecular weight excluding hydrogens is 168 g/mol. The highest BCUT2D eigenvalue weighted by atomic mass is 16.1. The zero-order chi connectivity index (χ0) is 9.42. The van der Waals surface area contributed by atoms with E-state index in [0.717, 1.165) is 25.2 Å². The second kappa shape index (κ2) is 2.85. The molecule has 1 atom stereocenters. The molecule has 1 aliphatic rings. The van der Waals surface area contributed by atoms with Gasteiger partial charge in [-0.15, -0.1) is 0 Å². The van der Waals surface area contributed by atoms with Crippen molar-refractivity contribution in [3.8, 4) is 0 Å². The quantitative estimate of drug-likeness (QED) is 0.596. The van der Waals surface area contributed by atoms with Crippen LogP contribution in [0.25, 0.3) is 0 Å². The van der Waals surface area contributed by atoms with Gasteiger partial charge in [0.1, 0.15) is 11.5 Å². The van der Waals surface area contributed by atoms with Gasteiger partial charge in [0.2, 0.25) is 0 Å². The summed E-state index contributed by atoms with van der Waals surface area (Å²) in [5, 5.41) is 0. The molecule has 70 valence electrons. The molecule has 0 fully saturated rings. The van der Waals surface area contributed by atoms with Crippen LogP contribution >= 0.6 is 0 Å². The van der Waals surface area contributed by atoms with Crippen LogP contribution in [0.4, 0.5) is 0 Å². The highest BCUT2D eigenvalue weighted by Crippen LogP contribution is 2.13. The summed E-state index contributed by atoms with van der Waals surface area (Å²) in [5.74, 6) is 0.436. The van der Waals surface area contributed by atoms with Gasteiger partial charge in [0.25, 0.3) is 5.91 Å². The fraction of sp³-hybridized carbons (Fsp3) is 0.500. The number of carbonyl (C=O) groups excluding carboxylic acids is 1. The Morgan fingerprint density at radius 2 is 2.46 bits per heavy atom. The lowest BCUT2D eigenvalue weighted by atomic mass is 10.1.